The van der Waals surface area contributed by atoms with Crippen LogP contribution < -0.4 is 10.3 Å². The molecule has 7 heteroatoms. The summed E-state index contributed by atoms with van der Waals surface area (Å²) in [6.45, 7) is 0. The number of nitrogens with zero attached hydrogens (tertiary/aromatic N) is 5. The number of rotatable bonds is 1. The number of carbonyl (C=O) groups excluding carboxylic acids is 1. The summed E-state index contributed by atoms with van der Waals surface area (Å²) < 4.78 is 1.18. The summed E-state index contributed by atoms with van der Waals surface area (Å²) in [5.74, 6) is 0.474. The molecule has 7 nitrogen and oxygen atoms in total. The van der Waals surface area contributed by atoms with Crippen molar-refractivity contribution in [1.82, 2.24) is 9.97 Å². The molecule has 0 aliphatic carbocycles. The van der Waals surface area contributed by atoms with E-state index in [-0.39, 0.29) is 5.95 Å². The van der Waals surface area contributed by atoms with Crippen LogP contribution >= 0.6 is 0 Å². The number of azo groups is 1. The zero-order valence-corrected chi connectivity index (χ0v) is 8.61. The molecule has 1 amide bonds. The topological polar surface area (TPSA) is 97.5 Å². The highest BCUT2D eigenvalue weighted by molar-refractivity contribution is 5.77. The van der Waals surface area contributed by atoms with E-state index in [9.17, 15) is 4.79 Å². The van der Waals surface area contributed by atoms with E-state index >= 15 is 0 Å². The van der Waals surface area contributed by atoms with Crippen LogP contribution in [0.4, 0.5) is 16.6 Å². The molecule has 0 saturated carbocycles. The fourth-order valence-electron chi connectivity index (χ4n) is 1.63. The van der Waals surface area contributed by atoms with Gasteiger partial charge in [-0.25, -0.2) is 4.79 Å². The molecule has 3 heterocycles. The first kappa shape index (κ1) is 9.52. The van der Waals surface area contributed by atoms with Crippen LogP contribution in [0.15, 0.2) is 41.0 Å². The Balaban J connectivity index is 2.28. The molecule has 2 N–H and O–H groups in total. The van der Waals surface area contributed by atoms with Gasteiger partial charge in [0.25, 0.3) is 5.82 Å². The predicted molar refractivity (Wildman–Crippen MR) is 57.4 cm³/mol. The van der Waals surface area contributed by atoms with Crippen molar-refractivity contribution in [2.75, 3.05) is 5.73 Å². The summed E-state index contributed by atoms with van der Waals surface area (Å²) in [6, 6.07) is 3.07. The van der Waals surface area contributed by atoms with Gasteiger partial charge in [-0.2, -0.15) is 0 Å². The van der Waals surface area contributed by atoms with Crippen LogP contribution in [-0.2, 0) is 0 Å². The first-order valence-corrected chi connectivity index (χ1v) is 4.84. The van der Waals surface area contributed by atoms with Crippen molar-refractivity contribution in [3.63, 3.8) is 0 Å². The molecular weight excluding hydrogens is 220 g/mol. The molecule has 1 aliphatic rings. The quantitative estimate of drug-likeness (QED) is 0.737. The van der Waals surface area contributed by atoms with E-state index in [0.717, 1.165) is 5.56 Å². The van der Waals surface area contributed by atoms with Gasteiger partial charge in [-0.05, 0) is 17.7 Å². The van der Waals surface area contributed by atoms with Crippen LogP contribution in [0.5, 0.6) is 0 Å². The summed E-state index contributed by atoms with van der Waals surface area (Å²) in [5, 5.41) is 7.28. The average Bonchev–Trinajstić information content (AvgIpc) is 2.74. The maximum Gasteiger partial charge on any atom is 0.462 e. The van der Waals surface area contributed by atoms with Gasteiger partial charge in [0, 0.05) is 22.6 Å². The lowest BCUT2D eigenvalue weighted by atomic mass is 10.1. The minimum atomic E-state index is -0.527. The number of pyridine rings is 1. The number of amides is 1. The molecule has 0 unspecified atom stereocenters. The number of hydrogen-bond acceptors (Lipinski definition) is 5. The van der Waals surface area contributed by atoms with Crippen molar-refractivity contribution >= 4 is 17.8 Å². The Hall–Kier alpha value is -2.70. The summed E-state index contributed by atoms with van der Waals surface area (Å²) in [6.07, 6.45) is 4.86. The number of nitrogen functional groups attached to an aromatic ring is 1. The number of fused-ring (bicyclic) bond motifs is 1. The van der Waals surface area contributed by atoms with Gasteiger partial charge in [0.05, 0.1) is 11.8 Å². The highest BCUT2D eigenvalue weighted by Crippen LogP contribution is 2.28. The molecular formula is C10H7N6O+. The maximum atomic E-state index is 11.4. The standard InChI is InChI=1S/C10H6N6O/c11-9-13-5-7(6-1-3-12-4-2-6)8-14-15-10(17)16(8)9/h1-5,11H/p+1. The molecule has 2 aromatic heterocycles. The van der Waals surface area contributed by atoms with E-state index < -0.39 is 6.03 Å². The molecule has 0 fully saturated rings. The number of nitrogens with two attached hydrogens (primary N) is 1. The van der Waals surface area contributed by atoms with E-state index in [4.69, 9.17) is 5.73 Å². The Morgan fingerprint density at radius 2 is 1.94 bits per heavy atom. The largest absolute Gasteiger partial charge is 0.462 e. The van der Waals surface area contributed by atoms with Gasteiger partial charge < -0.3 is 5.73 Å². The molecule has 1 aliphatic heterocycles. The van der Waals surface area contributed by atoms with E-state index in [1.807, 2.05) is 0 Å². The highest BCUT2D eigenvalue weighted by atomic mass is 16.2. The highest BCUT2D eigenvalue weighted by Gasteiger charge is 2.30. The zero-order valence-electron chi connectivity index (χ0n) is 8.61. The van der Waals surface area contributed by atoms with Crippen LogP contribution in [0.2, 0.25) is 0 Å². The Morgan fingerprint density at radius 1 is 1.18 bits per heavy atom. The third-order valence-corrected chi connectivity index (χ3v) is 2.42. The Labute approximate surface area is 95.7 Å². The van der Waals surface area contributed by atoms with Gasteiger partial charge in [-0.1, -0.05) is 0 Å². The van der Waals surface area contributed by atoms with Crippen LogP contribution in [0.3, 0.4) is 0 Å². The second kappa shape index (κ2) is 3.41. The van der Waals surface area contributed by atoms with Crippen LogP contribution in [0, 0.1) is 0 Å². The van der Waals surface area contributed by atoms with E-state index in [1.165, 1.54) is 4.57 Å². The fourth-order valence-corrected chi connectivity index (χ4v) is 1.63. The third kappa shape index (κ3) is 1.36. The first-order chi connectivity index (χ1) is 8.27. The predicted octanol–water partition coefficient (Wildman–Crippen LogP) is 1.08. The van der Waals surface area contributed by atoms with Gasteiger partial charge in [0.2, 0.25) is 0 Å². The second-order valence-corrected chi connectivity index (χ2v) is 3.41. The summed E-state index contributed by atoms with van der Waals surface area (Å²) in [7, 11) is 0. The zero-order chi connectivity index (χ0) is 11.8. The van der Waals surface area contributed by atoms with Crippen molar-refractivity contribution in [3.8, 4) is 11.1 Å². The number of anilines is 1. The summed E-state index contributed by atoms with van der Waals surface area (Å²) in [5.41, 5.74) is 7.15. The number of hydrogen-bond donors (Lipinski definition) is 1. The van der Waals surface area contributed by atoms with E-state index in [2.05, 4.69) is 20.2 Å². The SMILES string of the molecule is Nc1ncc(-c2ccncc2)c2[n+]1C(=O)N=N2. The van der Waals surface area contributed by atoms with Gasteiger partial charge in [-0.15, -0.1) is 9.55 Å². The third-order valence-electron chi connectivity index (χ3n) is 2.42. The van der Waals surface area contributed by atoms with E-state index in [1.54, 1.807) is 30.7 Å². The Bertz CT molecular complexity index is 637. The van der Waals surface area contributed by atoms with Crippen LogP contribution in [-0.4, -0.2) is 16.0 Å². The van der Waals surface area contributed by atoms with Gasteiger partial charge >= 0.3 is 12.0 Å². The van der Waals surface area contributed by atoms with Crippen LogP contribution in [0.25, 0.3) is 11.1 Å². The number of carbonyl (C=O) groups is 1. The maximum absolute atomic E-state index is 11.4. The lowest BCUT2D eigenvalue weighted by Crippen LogP contribution is -2.41. The molecule has 3 rings (SSSR count). The van der Waals surface area contributed by atoms with Crippen molar-refractivity contribution in [2.45, 2.75) is 0 Å². The van der Waals surface area contributed by atoms with Crippen LogP contribution in [0.1, 0.15) is 0 Å². The minimum absolute atomic E-state index is 0.0767. The average molecular weight is 227 g/mol. The molecule has 0 aromatic carbocycles. The molecule has 0 atom stereocenters. The van der Waals surface area contributed by atoms with Crippen molar-refractivity contribution in [2.24, 2.45) is 10.2 Å². The smallest absolute Gasteiger partial charge is 0.319 e. The number of aromatic nitrogens is 3. The lowest BCUT2D eigenvalue weighted by Gasteiger charge is -2.02. The van der Waals surface area contributed by atoms with Crippen molar-refractivity contribution in [1.29, 1.82) is 0 Å². The first-order valence-electron chi connectivity index (χ1n) is 4.84. The van der Waals surface area contributed by atoms with E-state index in [0.29, 0.717) is 11.4 Å². The fraction of sp³-hybridized carbons (Fsp3) is 0. The van der Waals surface area contributed by atoms with Crippen molar-refractivity contribution < 1.29 is 9.36 Å². The monoisotopic (exact) mass is 227 g/mol. The molecule has 17 heavy (non-hydrogen) atoms. The van der Waals surface area contributed by atoms with Crippen molar-refractivity contribution in [3.05, 3.63) is 30.7 Å². The normalized spacial score (nSPS) is 12.8. The Kier molecular flexibility index (Phi) is 1.91. The Morgan fingerprint density at radius 3 is 2.71 bits per heavy atom. The molecule has 0 saturated heterocycles. The van der Waals surface area contributed by atoms with Gasteiger partial charge in [-0.3, -0.25) is 4.98 Å². The minimum Gasteiger partial charge on any atom is -0.319 e. The van der Waals surface area contributed by atoms with Gasteiger partial charge in [0.1, 0.15) is 0 Å². The molecule has 2 aromatic rings. The lowest BCUT2D eigenvalue weighted by molar-refractivity contribution is -0.536. The molecule has 82 valence electrons. The summed E-state index contributed by atoms with van der Waals surface area (Å²) >= 11 is 0. The second-order valence-electron chi connectivity index (χ2n) is 3.41. The molecule has 0 radical (unpaired) electrons. The molecule has 0 spiro atoms. The summed E-state index contributed by atoms with van der Waals surface area (Å²) in [4.78, 5) is 19.3. The van der Waals surface area contributed by atoms with Gasteiger partial charge in [0.15, 0.2) is 0 Å². The molecule has 0 bridgehead atoms.